The third kappa shape index (κ3) is 2.96. The van der Waals surface area contributed by atoms with Crippen molar-refractivity contribution in [3.63, 3.8) is 0 Å². The molecule has 1 fully saturated rings. The van der Waals surface area contributed by atoms with Crippen molar-refractivity contribution in [1.82, 2.24) is 0 Å². The first-order valence-electron chi connectivity index (χ1n) is 5.77. The molecule has 2 rings (SSSR count). The Labute approximate surface area is 100 Å². The van der Waals surface area contributed by atoms with Crippen LogP contribution in [-0.2, 0) is 6.42 Å². The zero-order valence-corrected chi connectivity index (χ0v) is 9.88. The lowest BCUT2D eigenvalue weighted by Crippen LogP contribution is -2.21. The van der Waals surface area contributed by atoms with Crippen LogP contribution in [0.3, 0.4) is 0 Å². The highest BCUT2D eigenvalue weighted by atomic mass is 35.5. The van der Waals surface area contributed by atoms with Crippen LogP contribution in [0.15, 0.2) is 18.2 Å². The molecular formula is C13H16ClFO. The van der Waals surface area contributed by atoms with Crippen LogP contribution in [0.2, 0.25) is 5.02 Å². The topological polar surface area (TPSA) is 20.2 Å². The molecule has 0 heterocycles. The maximum Gasteiger partial charge on any atom is 0.126 e. The Hall–Kier alpha value is -0.600. The number of rotatable bonds is 2. The van der Waals surface area contributed by atoms with Gasteiger partial charge in [0.2, 0.25) is 0 Å². The summed E-state index contributed by atoms with van der Waals surface area (Å²) >= 11 is 5.85. The minimum Gasteiger partial charge on any atom is -0.393 e. The van der Waals surface area contributed by atoms with Crippen LogP contribution in [-0.4, -0.2) is 11.2 Å². The number of hydrogen-bond acceptors (Lipinski definition) is 1. The Morgan fingerprint density at radius 3 is 2.94 bits per heavy atom. The number of aliphatic hydroxyl groups is 1. The van der Waals surface area contributed by atoms with Crippen molar-refractivity contribution in [1.29, 1.82) is 0 Å². The van der Waals surface area contributed by atoms with Gasteiger partial charge in [0, 0.05) is 5.02 Å². The molecule has 0 aromatic heterocycles. The second kappa shape index (κ2) is 5.15. The molecule has 1 aliphatic rings. The van der Waals surface area contributed by atoms with Gasteiger partial charge in [0.05, 0.1) is 6.10 Å². The van der Waals surface area contributed by atoms with E-state index in [1.165, 1.54) is 6.07 Å². The average Bonchev–Trinajstić information content (AvgIpc) is 2.24. The van der Waals surface area contributed by atoms with E-state index >= 15 is 0 Å². The minimum absolute atomic E-state index is 0.190. The zero-order valence-electron chi connectivity index (χ0n) is 9.13. The molecule has 1 saturated carbocycles. The number of benzene rings is 1. The van der Waals surface area contributed by atoms with Crippen molar-refractivity contribution >= 4 is 11.6 Å². The summed E-state index contributed by atoms with van der Waals surface area (Å²) in [6.45, 7) is 0. The molecule has 0 bridgehead atoms. The standard InChI is InChI=1S/C13H16ClFO/c14-11-4-5-13(15)10(8-11)6-9-2-1-3-12(16)7-9/h4-5,8-9,12,16H,1-3,6-7H2. The molecule has 0 radical (unpaired) electrons. The summed E-state index contributed by atoms with van der Waals surface area (Å²) < 4.78 is 13.5. The van der Waals surface area contributed by atoms with Gasteiger partial charge in [-0.05, 0) is 55.4 Å². The van der Waals surface area contributed by atoms with Gasteiger partial charge in [-0.3, -0.25) is 0 Å². The Balaban J connectivity index is 2.05. The van der Waals surface area contributed by atoms with Gasteiger partial charge in [-0.25, -0.2) is 4.39 Å². The van der Waals surface area contributed by atoms with Gasteiger partial charge in [-0.15, -0.1) is 0 Å². The van der Waals surface area contributed by atoms with Crippen molar-refractivity contribution in [2.75, 3.05) is 0 Å². The second-order valence-electron chi connectivity index (χ2n) is 4.63. The van der Waals surface area contributed by atoms with Crippen LogP contribution in [0.25, 0.3) is 0 Å². The van der Waals surface area contributed by atoms with Gasteiger partial charge in [-0.2, -0.15) is 0 Å². The maximum atomic E-state index is 13.5. The first-order valence-corrected chi connectivity index (χ1v) is 6.15. The van der Waals surface area contributed by atoms with E-state index < -0.39 is 0 Å². The van der Waals surface area contributed by atoms with E-state index in [9.17, 15) is 9.50 Å². The first-order chi connectivity index (χ1) is 7.65. The van der Waals surface area contributed by atoms with E-state index in [4.69, 9.17) is 11.6 Å². The summed E-state index contributed by atoms with van der Waals surface area (Å²) in [5.74, 6) is 0.196. The molecule has 1 aromatic rings. The molecule has 1 aliphatic carbocycles. The molecule has 1 nitrogen and oxygen atoms in total. The predicted molar refractivity (Wildman–Crippen MR) is 63.1 cm³/mol. The Bertz CT molecular complexity index is 367. The smallest absolute Gasteiger partial charge is 0.126 e. The molecule has 0 amide bonds. The lowest BCUT2D eigenvalue weighted by atomic mass is 9.83. The summed E-state index contributed by atoms with van der Waals surface area (Å²) in [5, 5.41) is 10.1. The lowest BCUT2D eigenvalue weighted by molar-refractivity contribution is 0.101. The molecule has 0 saturated heterocycles. The lowest BCUT2D eigenvalue weighted by Gasteiger charge is -2.25. The van der Waals surface area contributed by atoms with Crippen molar-refractivity contribution in [2.45, 2.75) is 38.2 Å². The van der Waals surface area contributed by atoms with E-state index in [2.05, 4.69) is 0 Å². The Morgan fingerprint density at radius 1 is 1.38 bits per heavy atom. The average molecular weight is 243 g/mol. The van der Waals surface area contributed by atoms with Crippen LogP contribution in [0.5, 0.6) is 0 Å². The summed E-state index contributed by atoms with van der Waals surface area (Å²) in [6.07, 6.45) is 4.25. The second-order valence-corrected chi connectivity index (χ2v) is 5.06. The van der Waals surface area contributed by atoms with Crippen LogP contribution < -0.4 is 0 Å². The highest BCUT2D eigenvalue weighted by Crippen LogP contribution is 2.28. The fraction of sp³-hybridized carbons (Fsp3) is 0.538. The van der Waals surface area contributed by atoms with Crippen molar-refractivity contribution in [3.05, 3.63) is 34.6 Å². The summed E-state index contributed by atoms with van der Waals surface area (Å²) in [5.41, 5.74) is 0.673. The Morgan fingerprint density at radius 2 is 2.19 bits per heavy atom. The first kappa shape index (κ1) is 11.9. The highest BCUT2D eigenvalue weighted by molar-refractivity contribution is 6.30. The van der Waals surface area contributed by atoms with Gasteiger partial charge in [-0.1, -0.05) is 18.0 Å². The monoisotopic (exact) mass is 242 g/mol. The highest BCUT2D eigenvalue weighted by Gasteiger charge is 2.21. The van der Waals surface area contributed by atoms with Crippen molar-refractivity contribution in [2.24, 2.45) is 5.92 Å². The summed E-state index contributed by atoms with van der Waals surface area (Å²) in [4.78, 5) is 0. The zero-order chi connectivity index (χ0) is 11.5. The summed E-state index contributed by atoms with van der Waals surface area (Å²) in [6, 6.07) is 4.67. The molecule has 16 heavy (non-hydrogen) atoms. The molecule has 2 unspecified atom stereocenters. The third-order valence-electron chi connectivity index (χ3n) is 3.27. The van der Waals surface area contributed by atoms with Gasteiger partial charge < -0.3 is 5.11 Å². The van der Waals surface area contributed by atoms with Crippen LogP contribution in [0.1, 0.15) is 31.2 Å². The molecule has 2 atom stereocenters. The predicted octanol–water partition coefficient (Wildman–Crippen LogP) is 3.57. The quantitative estimate of drug-likeness (QED) is 0.841. The molecule has 0 aliphatic heterocycles. The van der Waals surface area contributed by atoms with E-state index in [1.54, 1.807) is 12.1 Å². The van der Waals surface area contributed by atoms with Crippen LogP contribution in [0.4, 0.5) is 4.39 Å². The van der Waals surface area contributed by atoms with E-state index in [0.29, 0.717) is 22.9 Å². The van der Waals surface area contributed by atoms with Gasteiger partial charge in [0.15, 0.2) is 0 Å². The molecule has 3 heteroatoms. The minimum atomic E-state index is -0.207. The molecule has 1 aromatic carbocycles. The molecular weight excluding hydrogens is 227 g/mol. The van der Waals surface area contributed by atoms with Crippen LogP contribution >= 0.6 is 11.6 Å². The fourth-order valence-corrected chi connectivity index (χ4v) is 2.65. The number of hydrogen-bond donors (Lipinski definition) is 1. The number of aliphatic hydroxyl groups excluding tert-OH is 1. The normalized spacial score (nSPS) is 25.7. The number of halogens is 2. The van der Waals surface area contributed by atoms with E-state index in [1.807, 2.05) is 0 Å². The molecule has 1 N–H and O–H groups in total. The largest absolute Gasteiger partial charge is 0.393 e. The van der Waals surface area contributed by atoms with E-state index in [0.717, 1.165) is 25.7 Å². The molecule has 88 valence electrons. The SMILES string of the molecule is OC1CCCC(Cc2cc(Cl)ccc2F)C1. The van der Waals surface area contributed by atoms with Crippen molar-refractivity contribution in [3.8, 4) is 0 Å². The van der Waals surface area contributed by atoms with E-state index in [-0.39, 0.29) is 11.9 Å². The third-order valence-corrected chi connectivity index (χ3v) is 3.51. The summed E-state index contributed by atoms with van der Waals surface area (Å²) in [7, 11) is 0. The Kier molecular flexibility index (Phi) is 3.82. The van der Waals surface area contributed by atoms with Crippen LogP contribution in [0, 0.1) is 11.7 Å². The van der Waals surface area contributed by atoms with Gasteiger partial charge in [0.1, 0.15) is 5.82 Å². The van der Waals surface area contributed by atoms with Gasteiger partial charge >= 0.3 is 0 Å². The fourth-order valence-electron chi connectivity index (χ4n) is 2.46. The van der Waals surface area contributed by atoms with Gasteiger partial charge in [0.25, 0.3) is 0 Å². The molecule has 0 spiro atoms. The maximum absolute atomic E-state index is 13.5. The van der Waals surface area contributed by atoms with Crippen molar-refractivity contribution < 1.29 is 9.50 Å².